The van der Waals surface area contributed by atoms with E-state index in [-0.39, 0.29) is 42.3 Å². The molecule has 1 N–H and O–H groups in total. The van der Waals surface area contributed by atoms with Crippen LogP contribution < -0.4 is 4.74 Å². The first kappa shape index (κ1) is 24.0. The van der Waals surface area contributed by atoms with Crippen LogP contribution in [-0.2, 0) is 16.4 Å². The minimum absolute atomic E-state index is 0.0106. The molecule has 0 radical (unpaired) electrons. The van der Waals surface area contributed by atoms with Gasteiger partial charge in [0.05, 0.1) is 11.5 Å². The Morgan fingerprint density at radius 1 is 1.23 bits per heavy atom. The van der Waals surface area contributed by atoms with Crippen molar-refractivity contribution in [1.29, 1.82) is 0 Å². The van der Waals surface area contributed by atoms with Crippen molar-refractivity contribution >= 4 is 21.4 Å². The maximum absolute atomic E-state index is 14.3. The van der Waals surface area contributed by atoms with Gasteiger partial charge in [0.2, 0.25) is 0 Å². The van der Waals surface area contributed by atoms with Gasteiger partial charge in [-0.15, -0.1) is 0 Å². The maximum atomic E-state index is 14.3. The highest BCUT2D eigenvalue weighted by atomic mass is 35.5. The molecule has 2 aromatic carbocycles. The van der Waals surface area contributed by atoms with Gasteiger partial charge in [0.1, 0.15) is 24.3 Å². The van der Waals surface area contributed by atoms with E-state index in [1.54, 1.807) is 11.0 Å². The molecule has 1 fully saturated rings. The van der Waals surface area contributed by atoms with E-state index in [9.17, 15) is 17.9 Å². The lowest BCUT2D eigenvalue weighted by Crippen LogP contribution is -2.42. The molecule has 0 aliphatic carbocycles. The topological polar surface area (TPSA) is 66.8 Å². The number of aliphatic hydroxyl groups is 1. The van der Waals surface area contributed by atoms with Gasteiger partial charge < -0.3 is 9.84 Å². The molecular formula is C23H29ClFNO4S. The number of nitrogens with zero attached hydrogens (tertiary/aromatic N) is 1. The van der Waals surface area contributed by atoms with Crippen LogP contribution in [0.2, 0.25) is 5.02 Å². The minimum Gasteiger partial charge on any atom is -0.491 e. The molecule has 1 saturated heterocycles. The zero-order valence-electron chi connectivity index (χ0n) is 17.8. The normalized spacial score (nSPS) is 19.1. The Hall–Kier alpha value is -1.67. The summed E-state index contributed by atoms with van der Waals surface area (Å²) in [4.78, 5) is 1.80. The monoisotopic (exact) mass is 469 g/mol. The third kappa shape index (κ3) is 6.65. The van der Waals surface area contributed by atoms with Crippen LogP contribution in [0.1, 0.15) is 37.3 Å². The number of rotatable bonds is 9. The lowest BCUT2D eigenvalue weighted by molar-refractivity contribution is 0.0520. The number of aliphatic hydroxyl groups excluding tert-OH is 1. The molecule has 0 spiro atoms. The van der Waals surface area contributed by atoms with Gasteiger partial charge in [-0.05, 0) is 42.2 Å². The van der Waals surface area contributed by atoms with Gasteiger partial charge in [-0.2, -0.15) is 0 Å². The first-order valence-electron chi connectivity index (χ1n) is 10.4. The number of ether oxygens (including phenoxy) is 1. The van der Waals surface area contributed by atoms with E-state index in [2.05, 4.69) is 13.8 Å². The van der Waals surface area contributed by atoms with Crippen LogP contribution in [0.25, 0.3) is 0 Å². The zero-order valence-corrected chi connectivity index (χ0v) is 19.4. The van der Waals surface area contributed by atoms with Gasteiger partial charge >= 0.3 is 0 Å². The average molecular weight is 470 g/mol. The third-order valence-corrected chi connectivity index (χ3v) is 7.69. The fourth-order valence-corrected chi connectivity index (χ4v) is 5.74. The lowest BCUT2D eigenvalue weighted by atomic mass is 10.0. The summed E-state index contributed by atoms with van der Waals surface area (Å²) in [6.45, 7) is 4.53. The summed E-state index contributed by atoms with van der Waals surface area (Å²) < 4.78 is 44.0. The Morgan fingerprint density at radius 3 is 2.52 bits per heavy atom. The maximum Gasteiger partial charge on any atom is 0.151 e. The highest BCUT2D eigenvalue weighted by Gasteiger charge is 2.33. The molecule has 0 bridgehead atoms. The van der Waals surface area contributed by atoms with E-state index in [0.717, 1.165) is 0 Å². The van der Waals surface area contributed by atoms with Crippen LogP contribution in [0.4, 0.5) is 4.39 Å². The van der Waals surface area contributed by atoms with Crippen molar-refractivity contribution in [3.05, 3.63) is 64.4 Å². The molecule has 3 rings (SSSR count). The van der Waals surface area contributed by atoms with Crippen molar-refractivity contribution in [1.82, 2.24) is 4.90 Å². The first-order valence-corrected chi connectivity index (χ1v) is 12.6. The van der Waals surface area contributed by atoms with Crippen LogP contribution in [0.3, 0.4) is 0 Å². The van der Waals surface area contributed by atoms with Gasteiger partial charge in [0.25, 0.3) is 0 Å². The second kappa shape index (κ2) is 10.3. The smallest absolute Gasteiger partial charge is 0.151 e. The van der Waals surface area contributed by atoms with Crippen LogP contribution in [0, 0.1) is 5.82 Å². The molecule has 1 aliphatic rings. The van der Waals surface area contributed by atoms with Gasteiger partial charge in [0, 0.05) is 29.7 Å². The van der Waals surface area contributed by atoms with Crippen molar-refractivity contribution in [2.24, 2.45) is 0 Å². The molecule has 0 saturated carbocycles. The summed E-state index contributed by atoms with van der Waals surface area (Å²) in [6, 6.07) is 11.9. The van der Waals surface area contributed by atoms with Crippen molar-refractivity contribution in [3.8, 4) is 5.75 Å². The molecule has 31 heavy (non-hydrogen) atoms. The van der Waals surface area contributed by atoms with Crippen molar-refractivity contribution in [2.45, 2.75) is 44.9 Å². The standard InChI is InChI=1S/C23H29ClFNO4S/c1-16(2)17-6-8-20(9-7-17)30-14-19(27)12-26(18-10-11-31(28,29)15-18)13-21-22(24)4-3-5-23(21)25/h3-9,16,18-19,27H,10-15H2,1-2H3. The molecule has 1 aliphatic heterocycles. The molecule has 170 valence electrons. The summed E-state index contributed by atoms with van der Waals surface area (Å²) in [7, 11) is -3.14. The zero-order chi connectivity index (χ0) is 22.6. The molecule has 8 heteroatoms. The van der Waals surface area contributed by atoms with E-state index >= 15 is 0 Å². The lowest BCUT2D eigenvalue weighted by Gasteiger charge is -2.30. The molecule has 2 atom stereocenters. The molecule has 0 amide bonds. The Morgan fingerprint density at radius 2 is 1.94 bits per heavy atom. The van der Waals surface area contributed by atoms with Crippen LogP contribution in [0.5, 0.6) is 5.75 Å². The second-order valence-electron chi connectivity index (χ2n) is 8.38. The molecular weight excluding hydrogens is 441 g/mol. The quantitative estimate of drug-likeness (QED) is 0.600. The minimum atomic E-state index is -3.14. The SMILES string of the molecule is CC(C)c1ccc(OCC(O)CN(Cc2c(F)cccc2Cl)C2CCS(=O)(=O)C2)cc1. The third-order valence-electron chi connectivity index (χ3n) is 5.58. The number of hydrogen-bond donors (Lipinski definition) is 1. The number of sulfone groups is 1. The summed E-state index contributed by atoms with van der Waals surface area (Å²) in [6.07, 6.45) is -0.433. The highest BCUT2D eigenvalue weighted by molar-refractivity contribution is 7.91. The average Bonchev–Trinajstić information content (AvgIpc) is 3.08. The van der Waals surface area contributed by atoms with E-state index in [1.165, 1.54) is 17.7 Å². The number of hydrogen-bond acceptors (Lipinski definition) is 5. The van der Waals surface area contributed by atoms with Crippen LogP contribution >= 0.6 is 11.6 Å². The Balaban J connectivity index is 1.67. The Kier molecular flexibility index (Phi) is 7.97. The van der Waals surface area contributed by atoms with E-state index < -0.39 is 21.8 Å². The summed E-state index contributed by atoms with van der Waals surface area (Å²) in [5, 5.41) is 10.9. The highest BCUT2D eigenvalue weighted by Crippen LogP contribution is 2.25. The van der Waals surface area contributed by atoms with E-state index in [0.29, 0.717) is 23.7 Å². The second-order valence-corrected chi connectivity index (χ2v) is 11.0. The summed E-state index contributed by atoms with van der Waals surface area (Å²) in [5.74, 6) is 0.697. The molecule has 5 nitrogen and oxygen atoms in total. The number of halogens is 2. The van der Waals surface area contributed by atoms with E-state index in [4.69, 9.17) is 16.3 Å². The van der Waals surface area contributed by atoms with Gasteiger partial charge in [-0.1, -0.05) is 43.6 Å². The molecule has 2 aromatic rings. The predicted octanol–water partition coefficient (Wildman–Crippen LogP) is 4.03. The first-order chi connectivity index (χ1) is 14.6. The largest absolute Gasteiger partial charge is 0.491 e. The fourth-order valence-electron chi connectivity index (χ4n) is 3.76. The summed E-state index contributed by atoms with van der Waals surface area (Å²) >= 11 is 6.18. The van der Waals surface area contributed by atoms with Gasteiger partial charge in [-0.25, -0.2) is 12.8 Å². The van der Waals surface area contributed by atoms with Crippen molar-refractivity contribution in [3.63, 3.8) is 0 Å². The van der Waals surface area contributed by atoms with Gasteiger partial charge in [-0.3, -0.25) is 4.90 Å². The molecule has 0 aromatic heterocycles. The number of benzene rings is 2. The van der Waals surface area contributed by atoms with Crippen LogP contribution in [0.15, 0.2) is 42.5 Å². The Labute approximate surface area is 188 Å². The molecule has 1 heterocycles. The summed E-state index contributed by atoms with van der Waals surface area (Å²) in [5.41, 5.74) is 1.49. The Bertz CT molecular complexity index is 961. The fraction of sp³-hybridized carbons (Fsp3) is 0.478. The predicted molar refractivity (Wildman–Crippen MR) is 121 cm³/mol. The van der Waals surface area contributed by atoms with E-state index in [1.807, 2.05) is 24.3 Å². The van der Waals surface area contributed by atoms with Crippen molar-refractivity contribution in [2.75, 3.05) is 24.7 Å². The van der Waals surface area contributed by atoms with Crippen molar-refractivity contribution < 1.29 is 22.7 Å². The van der Waals surface area contributed by atoms with Crippen LogP contribution in [-0.4, -0.2) is 55.2 Å². The molecule has 2 unspecified atom stereocenters. The van der Waals surface area contributed by atoms with Gasteiger partial charge in [0.15, 0.2) is 9.84 Å².